The second-order valence-electron chi connectivity index (χ2n) is 5.86. The number of nitrogens with two attached hydrogens (primary N) is 1. The number of nitrogen functional groups attached to an aromatic ring is 1. The van der Waals surface area contributed by atoms with Gasteiger partial charge < -0.3 is 10.3 Å². The van der Waals surface area contributed by atoms with Crippen LogP contribution in [0.3, 0.4) is 0 Å². The molecule has 0 aliphatic carbocycles. The number of para-hydroxylation sites is 1. The standard InChI is InChI=1S/C18H21N3/c1-12(2)21-17-9-8-13(3)10-16(17)20-18(21)11-14-6-4-5-7-15(14)19/h4-10,12H,11,19H2,1-3H3. The number of hydrogen-bond donors (Lipinski definition) is 1. The Bertz CT molecular complexity index is 784. The highest BCUT2D eigenvalue weighted by Gasteiger charge is 2.14. The van der Waals surface area contributed by atoms with E-state index in [4.69, 9.17) is 10.7 Å². The minimum Gasteiger partial charge on any atom is -0.398 e. The molecule has 0 aliphatic rings. The summed E-state index contributed by atoms with van der Waals surface area (Å²) in [5, 5.41) is 0. The molecule has 2 N–H and O–H groups in total. The van der Waals surface area contributed by atoms with E-state index >= 15 is 0 Å². The summed E-state index contributed by atoms with van der Waals surface area (Å²) >= 11 is 0. The number of imidazole rings is 1. The predicted octanol–water partition coefficient (Wildman–Crippen LogP) is 4.10. The third kappa shape index (κ3) is 2.51. The van der Waals surface area contributed by atoms with Gasteiger partial charge in [0.2, 0.25) is 0 Å². The molecular weight excluding hydrogens is 258 g/mol. The first-order valence-electron chi connectivity index (χ1n) is 7.37. The summed E-state index contributed by atoms with van der Waals surface area (Å²) in [4.78, 5) is 4.84. The molecular formula is C18H21N3. The molecule has 0 aliphatic heterocycles. The fourth-order valence-electron chi connectivity index (χ4n) is 2.83. The third-order valence-electron chi connectivity index (χ3n) is 3.84. The van der Waals surface area contributed by atoms with Crippen LogP contribution in [0, 0.1) is 6.92 Å². The zero-order valence-corrected chi connectivity index (χ0v) is 12.8. The summed E-state index contributed by atoms with van der Waals surface area (Å²) in [6, 6.07) is 14.8. The largest absolute Gasteiger partial charge is 0.398 e. The lowest BCUT2D eigenvalue weighted by Gasteiger charge is -2.14. The van der Waals surface area contributed by atoms with Gasteiger partial charge in [-0.25, -0.2) is 4.98 Å². The number of anilines is 1. The Labute approximate surface area is 125 Å². The van der Waals surface area contributed by atoms with E-state index in [1.165, 1.54) is 11.1 Å². The molecule has 2 aromatic carbocycles. The van der Waals surface area contributed by atoms with Gasteiger partial charge in [0, 0.05) is 18.2 Å². The Morgan fingerprint density at radius 3 is 2.62 bits per heavy atom. The van der Waals surface area contributed by atoms with E-state index in [2.05, 4.69) is 49.6 Å². The first-order valence-corrected chi connectivity index (χ1v) is 7.37. The Hall–Kier alpha value is -2.29. The lowest BCUT2D eigenvalue weighted by atomic mass is 10.1. The Morgan fingerprint density at radius 2 is 1.90 bits per heavy atom. The first-order chi connectivity index (χ1) is 10.1. The second kappa shape index (κ2) is 5.24. The minimum atomic E-state index is 0.373. The van der Waals surface area contributed by atoms with Crippen LogP contribution in [0.2, 0.25) is 0 Å². The predicted molar refractivity (Wildman–Crippen MR) is 88.5 cm³/mol. The number of hydrogen-bond acceptors (Lipinski definition) is 2. The second-order valence-corrected chi connectivity index (χ2v) is 5.86. The maximum Gasteiger partial charge on any atom is 0.114 e. The smallest absolute Gasteiger partial charge is 0.114 e. The van der Waals surface area contributed by atoms with E-state index in [1.807, 2.05) is 18.2 Å². The van der Waals surface area contributed by atoms with Crippen molar-refractivity contribution >= 4 is 16.7 Å². The van der Waals surface area contributed by atoms with E-state index < -0.39 is 0 Å². The Morgan fingerprint density at radius 1 is 1.14 bits per heavy atom. The summed E-state index contributed by atoms with van der Waals surface area (Å²) in [7, 11) is 0. The van der Waals surface area contributed by atoms with Crippen molar-refractivity contribution in [2.45, 2.75) is 33.2 Å². The summed E-state index contributed by atoms with van der Waals surface area (Å²) in [6.07, 6.45) is 0.762. The van der Waals surface area contributed by atoms with E-state index in [9.17, 15) is 0 Å². The number of nitrogens with zero attached hydrogens (tertiary/aromatic N) is 2. The quantitative estimate of drug-likeness (QED) is 0.734. The van der Waals surface area contributed by atoms with Crippen LogP contribution in [0.15, 0.2) is 42.5 Å². The zero-order valence-electron chi connectivity index (χ0n) is 12.8. The van der Waals surface area contributed by atoms with Crippen LogP contribution < -0.4 is 5.73 Å². The highest BCUT2D eigenvalue weighted by molar-refractivity contribution is 5.77. The maximum atomic E-state index is 6.08. The molecule has 1 aromatic heterocycles. The topological polar surface area (TPSA) is 43.8 Å². The number of fused-ring (bicyclic) bond motifs is 1. The van der Waals surface area contributed by atoms with Gasteiger partial charge in [-0.05, 0) is 50.1 Å². The van der Waals surface area contributed by atoms with Crippen LogP contribution >= 0.6 is 0 Å². The van der Waals surface area contributed by atoms with Gasteiger partial charge in [0.25, 0.3) is 0 Å². The zero-order chi connectivity index (χ0) is 15.0. The van der Waals surface area contributed by atoms with Crippen molar-refractivity contribution in [1.82, 2.24) is 9.55 Å². The van der Waals surface area contributed by atoms with E-state index in [0.717, 1.165) is 29.0 Å². The minimum absolute atomic E-state index is 0.373. The van der Waals surface area contributed by atoms with E-state index in [1.54, 1.807) is 0 Å². The third-order valence-corrected chi connectivity index (χ3v) is 3.84. The molecule has 0 saturated heterocycles. The van der Waals surface area contributed by atoms with Gasteiger partial charge in [-0.2, -0.15) is 0 Å². The summed E-state index contributed by atoms with van der Waals surface area (Å²) in [5.41, 5.74) is 11.5. The van der Waals surface area contributed by atoms with Crippen LogP contribution in [-0.4, -0.2) is 9.55 Å². The summed E-state index contributed by atoms with van der Waals surface area (Å²) in [6.45, 7) is 6.49. The molecule has 0 unspecified atom stereocenters. The number of benzene rings is 2. The molecule has 0 bridgehead atoms. The fraction of sp³-hybridized carbons (Fsp3) is 0.278. The maximum absolute atomic E-state index is 6.08. The van der Waals surface area contributed by atoms with Crippen molar-refractivity contribution in [1.29, 1.82) is 0 Å². The van der Waals surface area contributed by atoms with Gasteiger partial charge in [0.15, 0.2) is 0 Å². The summed E-state index contributed by atoms with van der Waals surface area (Å²) < 4.78 is 2.31. The first kappa shape index (κ1) is 13.7. The van der Waals surface area contributed by atoms with Gasteiger partial charge in [-0.3, -0.25) is 0 Å². The number of aryl methyl sites for hydroxylation is 1. The van der Waals surface area contributed by atoms with Crippen LogP contribution in [0.4, 0.5) is 5.69 Å². The van der Waals surface area contributed by atoms with Crippen molar-refractivity contribution in [3.63, 3.8) is 0 Å². The average molecular weight is 279 g/mol. The molecule has 3 aromatic rings. The molecule has 3 nitrogen and oxygen atoms in total. The molecule has 0 fully saturated rings. The molecule has 3 heteroatoms. The molecule has 0 radical (unpaired) electrons. The highest BCUT2D eigenvalue weighted by atomic mass is 15.1. The molecule has 1 heterocycles. The Kier molecular flexibility index (Phi) is 3.42. The van der Waals surface area contributed by atoms with Gasteiger partial charge >= 0.3 is 0 Å². The van der Waals surface area contributed by atoms with Crippen LogP contribution in [0.25, 0.3) is 11.0 Å². The Balaban J connectivity index is 2.13. The van der Waals surface area contributed by atoms with Gasteiger partial charge in [-0.1, -0.05) is 24.3 Å². The number of rotatable bonds is 3. The SMILES string of the molecule is Cc1ccc2c(c1)nc(Cc1ccccc1N)n2C(C)C. The van der Waals surface area contributed by atoms with Crippen molar-refractivity contribution in [3.8, 4) is 0 Å². The van der Waals surface area contributed by atoms with Crippen molar-refractivity contribution in [3.05, 3.63) is 59.4 Å². The molecule has 3 rings (SSSR count). The lowest BCUT2D eigenvalue weighted by Crippen LogP contribution is -2.08. The fourth-order valence-corrected chi connectivity index (χ4v) is 2.83. The van der Waals surface area contributed by atoms with Crippen LogP contribution in [-0.2, 0) is 6.42 Å². The van der Waals surface area contributed by atoms with Crippen molar-refractivity contribution in [2.24, 2.45) is 0 Å². The monoisotopic (exact) mass is 279 g/mol. The number of aromatic nitrogens is 2. The van der Waals surface area contributed by atoms with Crippen molar-refractivity contribution < 1.29 is 0 Å². The molecule has 0 amide bonds. The van der Waals surface area contributed by atoms with Gasteiger partial charge in [0.1, 0.15) is 5.82 Å². The molecule has 0 spiro atoms. The van der Waals surface area contributed by atoms with Crippen LogP contribution in [0.1, 0.15) is 36.8 Å². The molecule has 0 saturated carbocycles. The molecule has 21 heavy (non-hydrogen) atoms. The average Bonchev–Trinajstić information content (AvgIpc) is 2.78. The van der Waals surface area contributed by atoms with Gasteiger partial charge in [-0.15, -0.1) is 0 Å². The van der Waals surface area contributed by atoms with E-state index in [0.29, 0.717) is 6.04 Å². The summed E-state index contributed by atoms with van der Waals surface area (Å²) in [5.74, 6) is 1.07. The van der Waals surface area contributed by atoms with Gasteiger partial charge in [0.05, 0.1) is 11.0 Å². The lowest BCUT2D eigenvalue weighted by molar-refractivity contribution is 0.591. The van der Waals surface area contributed by atoms with Crippen LogP contribution in [0.5, 0.6) is 0 Å². The van der Waals surface area contributed by atoms with Crippen molar-refractivity contribution in [2.75, 3.05) is 5.73 Å². The normalized spacial score (nSPS) is 11.4. The highest BCUT2D eigenvalue weighted by Crippen LogP contribution is 2.25. The van der Waals surface area contributed by atoms with E-state index in [-0.39, 0.29) is 0 Å². The molecule has 0 atom stereocenters. The molecule has 108 valence electrons.